The van der Waals surface area contributed by atoms with E-state index >= 15 is 0 Å². The van der Waals surface area contributed by atoms with Crippen molar-refractivity contribution in [1.82, 2.24) is 9.78 Å². The van der Waals surface area contributed by atoms with E-state index in [-0.39, 0.29) is 12.0 Å². The Morgan fingerprint density at radius 3 is 3.12 bits per heavy atom. The first kappa shape index (κ1) is 9.66. The molecule has 0 amide bonds. The zero-order valence-electron chi connectivity index (χ0n) is 8.97. The maximum absolute atomic E-state index is 9.38. The zero-order valence-corrected chi connectivity index (χ0v) is 8.97. The van der Waals surface area contributed by atoms with Gasteiger partial charge in [-0.15, -0.1) is 0 Å². The summed E-state index contributed by atoms with van der Waals surface area (Å²) in [4.78, 5) is 0. The summed E-state index contributed by atoms with van der Waals surface area (Å²) in [5.74, 6) is 0.275. The third-order valence-corrected chi connectivity index (χ3v) is 3.01. The normalized spacial score (nSPS) is 21.4. The summed E-state index contributed by atoms with van der Waals surface area (Å²) in [6.07, 6.45) is 5.15. The summed E-state index contributed by atoms with van der Waals surface area (Å²) in [7, 11) is 0. The van der Waals surface area contributed by atoms with Crippen molar-refractivity contribution in [3.63, 3.8) is 0 Å². The predicted molar refractivity (Wildman–Crippen MR) is 60.2 cm³/mol. The van der Waals surface area contributed by atoms with Crippen LogP contribution in [0, 0.1) is 0 Å². The van der Waals surface area contributed by atoms with Crippen LogP contribution in [0.4, 0.5) is 0 Å². The van der Waals surface area contributed by atoms with Gasteiger partial charge < -0.3 is 9.84 Å². The van der Waals surface area contributed by atoms with E-state index in [0.717, 1.165) is 30.4 Å². The number of hydrogen-bond donors (Lipinski definition) is 1. The Labute approximate surface area is 93.4 Å². The Balaban J connectivity index is 2.03. The van der Waals surface area contributed by atoms with Crippen molar-refractivity contribution in [3.8, 4) is 5.75 Å². The summed E-state index contributed by atoms with van der Waals surface area (Å²) in [6.45, 7) is 0.810. The molecule has 0 bridgehead atoms. The molecule has 1 aliphatic heterocycles. The number of aromatic nitrogens is 2. The lowest BCUT2D eigenvalue weighted by molar-refractivity contribution is -0.0366. The zero-order chi connectivity index (χ0) is 11.0. The maximum atomic E-state index is 9.38. The smallest absolute Gasteiger partial charge is 0.150 e. The van der Waals surface area contributed by atoms with E-state index in [1.54, 1.807) is 18.3 Å². The van der Waals surface area contributed by atoms with Crippen molar-refractivity contribution in [1.29, 1.82) is 0 Å². The quantitative estimate of drug-likeness (QED) is 0.799. The SMILES string of the molecule is Oc1ccc2c(cnn2C2CCCCO2)c1. The molecule has 1 aromatic heterocycles. The molecule has 1 saturated heterocycles. The van der Waals surface area contributed by atoms with Crippen LogP contribution in [-0.4, -0.2) is 21.5 Å². The number of hydrogen-bond acceptors (Lipinski definition) is 3. The average molecular weight is 218 g/mol. The Bertz CT molecular complexity index is 501. The molecular weight excluding hydrogens is 204 g/mol. The second kappa shape index (κ2) is 3.79. The lowest BCUT2D eigenvalue weighted by atomic mass is 10.2. The van der Waals surface area contributed by atoms with E-state index < -0.39 is 0 Å². The van der Waals surface area contributed by atoms with Crippen LogP contribution in [0.15, 0.2) is 24.4 Å². The largest absolute Gasteiger partial charge is 0.508 e. The lowest BCUT2D eigenvalue weighted by Crippen LogP contribution is -2.18. The highest BCUT2D eigenvalue weighted by atomic mass is 16.5. The minimum atomic E-state index is 0.0517. The van der Waals surface area contributed by atoms with E-state index in [9.17, 15) is 5.11 Å². The fourth-order valence-corrected chi connectivity index (χ4v) is 2.19. The summed E-state index contributed by atoms with van der Waals surface area (Å²) in [5, 5.41) is 14.7. The Kier molecular flexibility index (Phi) is 2.29. The average Bonchev–Trinajstić information content (AvgIpc) is 2.73. The lowest BCUT2D eigenvalue weighted by Gasteiger charge is -2.23. The molecule has 1 unspecified atom stereocenters. The number of nitrogens with zero attached hydrogens (tertiary/aromatic N) is 2. The molecule has 0 aliphatic carbocycles. The van der Waals surface area contributed by atoms with E-state index in [0.29, 0.717) is 0 Å². The highest BCUT2D eigenvalue weighted by Gasteiger charge is 2.18. The molecule has 3 rings (SSSR count). The molecule has 84 valence electrons. The molecule has 4 heteroatoms. The van der Waals surface area contributed by atoms with Gasteiger partial charge in [0, 0.05) is 12.0 Å². The molecule has 4 nitrogen and oxygen atoms in total. The third-order valence-electron chi connectivity index (χ3n) is 3.01. The number of phenolic OH excluding ortho intramolecular Hbond substituents is 1. The minimum absolute atomic E-state index is 0.0517. The van der Waals surface area contributed by atoms with Crippen LogP contribution >= 0.6 is 0 Å². The van der Waals surface area contributed by atoms with Gasteiger partial charge in [-0.3, -0.25) is 0 Å². The standard InChI is InChI=1S/C12H14N2O2/c15-10-4-5-11-9(7-10)8-13-14(11)12-3-1-2-6-16-12/h4-5,7-8,12,15H,1-3,6H2. The summed E-state index contributed by atoms with van der Waals surface area (Å²) >= 11 is 0. The van der Waals surface area contributed by atoms with Gasteiger partial charge in [0.05, 0.1) is 11.7 Å². The van der Waals surface area contributed by atoms with Gasteiger partial charge in [-0.2, -0.15) is 5.10 Å². The monoisotopic (exact) mass is 218 g/mol. The number of rotatable bonds is 1. The molecular formula is C12H14N2O2. The van der Waals surface area contributed by atoms with Crippen LogP contribution in [0.25, 0.3) is 10.9 Å². The number of fused-ring (bicyclic) bond motifs is 1. The predicted octanol–water partition coefficient (Wildman–Crippen LogP) is 2.44. The Hall–Kier alpha value is -1.55. The van der Waals surface area contributed by atoms with Gasteiger partial charge in [0.2, 0.25) is 0 Å². The van der Waals surface area contributed by atoms with Gasteiger partial charge in [-0.25, -0.2) is 4.68 Å². The van der Waals surface area contributed by atoms with Crippen molar-refractivity contribution in [2.75, 3.05) is 6.61 Å². The first-order chi connectivity index (χ1) is 7.84. The second-order valence-electron chi connectivity index (χ2n) is 4.15. The van der Waals surface area contributed by atoms with Crippen LogP contribution in [0.2, 0.25) is 0 Å². The molecule has 1 aliphatic rings. The molecule has 0 spiro atoms. The van der Waals surface area contributed by atoms with Crippen LogP contribution < -0.4 is 0 Å². The van der Waals surface area contributed by atoms with Crippen molar-refractivity contribution in [2.24, 2.45) is 0 Å². The van der Waals surface area contributed by atoms with E-state index in [1.807, 2.05) is 10.7 Å². The van der Waals surface area contributed by atoms with Crippen molar-refractivity contribution < 1.29 is 9.84 Å². The molecule has 1 atom stereocenters. The molecule has 2 heterocycles. The van der Waals surface area contributed by atoms with E-state index in [4.69, 9.17) is 4.74 Å². The third kappa shape index (κ3) is 1.55. The van der Waals surface area contributed by atoms with Crippen LogP contribution in [-0.2, 0) is 4.74 Å². The van der Waals surface area contributed by atoms with Crippen LogP contribution in [0.5, 0.6) is 5.75 Å². The Morgan fingerprint density at radius 1 is 1.38 bits per heavy atom. The highest BCUT2D eigenvalue weighted by Crippen LogP contribution is 2.27. The van der Waals surface area contributed by atoms with E-state index in [1.165, 1.54) is 6.42 Å². The highest BCUT2D eigenvalue weighted by molar-refractivity contribution is 5.80. The van der Waals surface area contributed by atoms with Gasteiger partial charge >= 0.3 is 0 Å². The summed E-state index contributed by atoms with van der Waals surface area (Å²) < 4.78 is 7.61. The maximum Gasteiger partial charge on any atom is 0.150 e. The molecule has 1 fully saturated rings. The fourth-order valence-electron chi connectivity index (χ4n) is 2.19. The van der Waals surface area contributed by atoms with Crippen molar-refractivity contribution in [3.05, 3.63) is 24.4 Å². The fraction of sp³-hybridized carbons (Fsp3) is 0.417. The molecule has 2 aromatic rings. The number of aromatic hydroxyl groups is 1. The van der Waals surface area contributed by atoms with Crippen molar-refractivity contribution in [2.45, 2.75) is 25.5 Å². The van der Waals surface area contributed by atoms with Gasteiger partial charge in [0.15, 0.2) is 6.23 Å². The summed E-state index contributed by atoms with van der Waals surface area (Å²) in [5.41, 5.74) is 1.02. The molecule has 1 aromatic carbocycles. The topological polar surface area (TPSA) is 47.3 Å². The minimum Gasteiger partial charge on any atom is -0.508 e. The van der Waals surface area contributed by atoms with Gasteiger partial charge in [0.25, 0.3) is 0 Å². The van der Waals surface area contributed by atoms with Gasteiger partial charge in [-0.05, 0) is 37.5 Å². The summed E-state index contributed by atoms with van der Waals surface area (Å²) in [6, 6.07) is 5.29. The number of phenols is 1. The molecule has 16 heavy (non-hydrogen) atoms. The van der Waals surface area contributed by atoms with Crippen LogP contribution in [0.1, 0.15) is 25.5 Å². The number of ether oxygens (including phenoxy) is 1. The van der Waals surface area contributed by atoms with E-state index in [2.05, 4.69) is 5.10 Å². The van der Waals surface area contributed by atoms with Crippen molar-refractivity contribution >= 4 is 10.9 Å². The Morgan fingerprint density at radius 2 is 2.31 bits per heavy atom. The van der Waals surface area contributed by atoms with Gasteiger partial charge in [0.1, 0.15) is 5.75 Å². The molecule has 0 saturated carbocycles. The molecule has 0 radical (unpaired) electrons. The van der Waals surface area contributed by atoms with Crippen LogP contribution in [0.3, 0.4) is 0 Å². The first-order valence-electron chi connectivity index (χ1n) is 5.62. The molecule has 1 N–H and O–H groups in total. The first-order valence-corrected chi connectivity index (χ1v) is 5.62. The number of benzene rings is 1. The van der Waals surface area contributed by atoms with Gasteiger partial charge in [-0.1, -0.05) is 0 Å². The second-order valence-corrected chi connectivity index (χ2v) is 4.15.